The third-order valence-electron chi connectivity index (χ3n) is 3.15. The van der Waals surface area contributed by atoms with Crippen molar-refractivity contribution in [1.82, 2.24) is 4.98 Å². The van der Waals surface area contributed by atoms with Crippen LogP contribution in [0.4, 0.5) is 22.0 Å². The van der Waals surface area contributed by atoms with Crippen molar-refractivity contribution >= 4 is 15.9 Å². The van der Waals surface area contributed by atoms with Crippen LogP contribution in [-0.2, 0) is 5.60 Å². The first kappa shape index (κ1) is 16.8. The van der Waals surface area contributed by atoms with Gasteiger partial charge in [0.15, 0.2) is 5.60 Å². The van der Waals surface area contributed by atoms with Crippen molar-refractivity contribution in [2.75, 3.05) is 0 Å². The summed E-state index contributed by atoms with van der Waals surface area (Å²) in [5.74, 6) is -5.40. The molecule has 0 amide bonds. The summed E-state index contributed by atoms with van der Waals surface area (Å²) in [6.45, 7) is 0. The number of pyridine rings is 1. The minimum Gasteiger partial charge on any atom is -0.374 e. The van der Waals surface area contributed by atoms with E-state index in [9.17, 15) is 27.1 Å². The maximum absolute atomic E-state index is 14.1. The van der Waals surface area contributed by atoms with E-state index < -0.39 is 28.8 Å². The summed E-state index contributed by atoms with van der Waals surface area (Å²) in [7, 11) is 0. The quantitative estimate of drug-likeness (QED) is 0.805. The van der Waals surface area contributed by atoms with Gasteiger partial charge in [0.05, 0.1) is 0 Å². The maximum atomic E-state index is 14.1. The highest BCUT2D eigenvalue weighted by atomic mass is 79.9. The minimum atomic E-state index is -5.94. The predicted molar refractivity (Wildman–Crippen MR) is 72.4 cm³/mol. The largest absolute Gasteiger partial charge is 0.457 e. The Balaban J connectivity index is 2.76. The molecule has 8 heteroatoms. The summed E-state index contributed by atoms with van der Waals surface area (Å²) in [4.78, 5) is 3.57. The number of benzene rings is 1. The third kappa shape index (κ3) is 2.61. The van der Waals surface area contributed by atoms with E-state index in [0.29, 0.717) is 0 Å². The molecule has 0 saturated carbocycles. The standard InChI is InChI=1S/C14H9BrF5NO/c15-11-3-1-2-10(8-11)12(22,9-4-6-21-7-5-9)13(16,17)14(18,19)20/h1-8,22H. The van der Waals surface area contributed by atoms with Gasteiger partial charge in [0, 0.05) is 16.9 Å². The second-order valence-corrected chi connectivity index (χ2v) is 5.44. The lowest BCUT2D eigenvalue weighted by Crippen LogP contribution is -2.55. The Kier molecular flexibility index (Phi) is 4.27. The van der Waals surface area contributed by atoms with Crippen molar-refractivity contribution in [2.24, 2.45) is 0 Å². The fourth-order valence-corrected chi connectivity index (χ4v) is 2.44. The van der Waals surface area contributed by atoms with Crippen molar-refractivity contribution < 1.29 is 27.1 Å². The second-order valence-electron chi connectivity index (χ2n) is 4.53. The summed E-state index contributed by atoms with van der Waals surface area (Å²) in [6, 6.07) is 6.56. The number of rotatable bonds is 3. The lowest BCUT2D eigenvalue weighted by Gasteiger charge is -2.37. The molecule has 1 aromatic carbocycles. The molecule has 1 N–H and O–H groups in total. The van der Waals surface area contributed by atoms with Crippen LogP contribution in [-0.4, -0.2) is 22.2 Å². The normalized spacial score (nSPS) is 15.4. The summed E-state index contributed by atoms with van der Waals surface area (Å²) in [6.07, 6.45) is -3.87. The molecule has 1 unspecified atom stereocenters. The molecule has 0 radical (unpaired) electrons. The Morgan fingerprint density at radius 1 is 0.909 bits per heavy atom. The molecule has 1 atom stereocenters. The van der Waals surface area contributed by atoms with Gasteiger partial charge in [-0.1, -0.05) is 28.1 Å². The Labute approximate surface area is 130 Å². The molecule has 0 aliphatic rings. The van der Waals surface area contributed by atoms with Gasteiger partial charge in [0.1, 0.15) is 0 Å². The molecule has 0 spiro atoms. The predicted octanol–water partition coefficient (Wildman–Crippen LogP) is 4.28. The van der Waals surface area contributed by atoms with Crippen LogP contribution in [0.5, 0.6) is 0 Å². The second kappa shape index (κ2) is 5.58. The molecule has 2 aromatic rings. The van der Waals surface area contributed by atoms with Crippen LogP contribution in [0.3, 0.4) is 0 Å². The summed E-state index contributed by atoms with van der Waals surface area (Å²) in [5, 5.41) is 10.4. The van der Waals surface area contributed by atoms with Gasteiger partial charge < -0.3 is 5.11 Å². The van der Waals surface area contributed by atoms with Crippen LogP contribution in [0.25, 0.3) is 0 Å². The monoisotopic (exact) mass is 381 g/mol. The topological polar surface area (TPSA) is 33.1 Å². The average Bonchev–Trinajstić information content (AvgIpc) is 2.46. The first-order valence-corrected chi connectivity index (χ1v) is 6.73. The SMILES string of the molecule is OC(c1ccncc1)(c1cccc(Br)c1)C(F)(F)C(F)(F)F. The Morgan fingerprint density at radius 3 is 2.00 bits per heavy atom. The van der Waals surface area contributed by atoms with Crippen molar-refractivity contribution in [3.63, 3.8) is 0 Å². The highest BCUT2D eigenvalue weighted by Gasteiger charge is 2.71. The summed E-state index contributed by atoms with van der Waals surface area (Å²) in [5.41, 5.74) is -4.77. The first-order chi connectivity index (χ1) is 10.1. The number of aliphatic hydroxyl groups is 1. The lowest BCUT2D eigenvalue weighted by molar-refractivity contribution is -0.336. The van der Waals surface area contributed by atoms with E-state index in [1.54, 1.807) is 0 Å². The molecule has 0 saturated heterocycles. The van der Waals surface area contributed by atoms with Gasteiger partial charge in [-0.25, -0.2) is 0 Å². The molecule has 1 aromatic heterocycles. The summed E-state index contributed by atoms with van der Waals surface area (Å²) < 4.78 is 67.0. The molecular weight excluding hydrogens is 373 g/mol. The van der Waals surface area contributed by atoms with E-state index >= 15 is 0 Å². The Morgan fingerprint density at radius 2 is 1.50 bits per heavy atom. The molecule has 22 heavy (non-hydrogen) atoms. The maximum Gasteiger partial charge on any atom is 0.457 e. The van der Waals surface area contributed by atoms with Gasteiger partial charge in [-0.3, -0.25) is 4.98 Å². The van der Waals surface area contributed by atoms with Crippen LogP contribution < -0.4 is 0 Å². The molecular formula is C14H9BrF5NO. The third-order valence-corrected chi connectivity index (χ3v) is 3.64. The van der Waals surface area contributed by atoms with Gasteiger partial charge in [-0.05, 0) is 35.4 Å². The van der Waals surface area contributed by atoms with E-state index in [2.05, 4.69) is 20.9 Å². The number of hydrogen-bond acceptors (Lipinski definition) is 2. The zero-order chi connectivity index (χ0) is 16.6. The number of hydrogen-bond donors (Lipinski definition) is 1. The van der Waals surface area contributed by atoms with Crippen LogP contribution in [0.1, 0.15) is 11.1 Å². The molecule has 0 aliphatic carbocycles. The molecule has 118 valence electrons. The van der Waals surface area contributed by atoms with E-state index in [1.165, 1.54) is 12.1 Å². The highest BCUT2D eigenvalue weighted by molar-refractivity contribution is 9.10. The van der Waals surface area contributed by atoms with Gasteiger partial charge in [0.25, 0.3) is 0 Å². The smallest absolute Gasteiger partial charge is 0.374 e. The van der Waals surface area contributed by atoms with Crippen molar-refractivity contribution in [3.8, 4) is 0 Å². The fourth-order valence-electron chi connectivity index (χ4n) is 2.04. The Bertz CT molecular complexity index is 662. The van der Waals surface area contributed by atoms with Gasteiger partial charge in [-0.15, -0.1) is 0 Å². The van der Waals surface area contributed by atoms with E-state index in [-0.39, 0.29) is 4.47 Å². The molecule has 2 rings (SSSR count). The molecule has 1 heterocycles. The van der Waals surface area contributed by atoms with Gasteiger partial charge in [0.2, 0.25) is 0 Å². The van der Waals surface area contributed by atoms with Gasteiger partial charge in [-0.2, -0.15) is 22.0 Å². The number of nitrogens with zero attached hydrogens (tertiary/aromatic N) is 1. The molecule has 0 fully saturated rings. The van der Waals surface area contributed by atoms with E-state index in [1.807, 2.05) is 0 Å². The van der Waals surface area contributed by atoms with Crippen LogP contribution in [0.15, 0.2) is 53.3 Å². The van der Waals surface area contributed by atoms with Crippen molar-refractivity contribution in [3.05, 3.63) is 64.4 Å². The van der Waals surface area contributed by atoms with E-state index in [4.69, 9.17) is 0 Å². The van der Waals surface area contributed by atoms with Crippen LogP contribution in [0, 0.1) is 0 Å². The van der Waals surface area contributed by atoms with Crippen LogP contribution >= 0.6 is 15.9 Å². The van der Waals surface area contributed by atoms with E-state index in [0.717, 1.165) is 36.7 Å². The number of halogens is 6. The first-order valence-electron chi connectivity index (χ1n) is 5.94. The zero-order valence-corrected chi connectivity index (χ0v) is 12.4. The van der Waals surface area contributed by atoms with Crippen LogP contribution in [0.2, 0.25) is 0 Å². The number of alkyl halides is 5. The molecule has 0 aliphatic heterocycles. The fraction of sp³-hybridized carbons (Fsp3) is 0.214. The zero-order valence-electron chi connectivity index (χ0n) is 10.8. The lowest BCUT2D eigenvalue weighted by atomic mass is 9.81. The van der Waals surface area contributed by atoms with Gasteiger partial charge >= 0.3 is 12.1 Å². The molecule has 0 bridgehead atoms. The highest BCUT2D eigenvalue weighted by Crippen LogP contribution is 2.51. The average molecular weight is 382 g/mol. The van der Waals surface area contributed by atoms with Crippen molar-refractivity contribution in [2.45, 2.75) is 17.7 Å². The summed E-state index contributed by atoms with van der Waals surface area (Å²) >= 11 is 2.99. The number of aromatic nitrogens is 1. The Hall–Kier alpha value is -1.54. The van der Waals surface area contributed by atoms with Crippen molar-refractivity contribution in [1.29, 1.82) is 0 Å². The minimum absolute atomic E-state index is 0.260. The molecule has 2 nitrogen and oxygen atoms in total.